The van der Waals surface area contributed by atoms with E-state index in [1.807, 2.05) is 0 Å². The van der Waals surface area contributed by atoms with Gasteiger partial charge in [-0.15, -0.1) is 0 Å². The Morgan fingerprint density at radius 1 is 0.913 bits per heavy atom. The molecule has 0 radical (unpaired) electrons. The molecule has 0 spiro atoms. The van der Waals surface area contributed by atoms with E-state index in [0.717, 1.165) is 12.8 Å². The first-order valence-corrected chi connectivity index (χ1v) is 7.93. The van der Waals surface area contributed by atoms with Crippen molar-refractivity contribution in [1.82, 2.24) is 5.43 Å². The summed E-state index contributed by atoms with van der Waals surface area (Å²) in [6.07, 6.45) is 2.12. The Morgan fingerprint density at radius 3 is 2.39 bits per heavy atom. The summed E-state index contributed by atoms with van der Waals surface area (Å²) in [5.74, 6) is 5.04. The van der Waals surface area contributed by atoms with Crippen LogP contribution in [0.2, 0.25) is 0 Å². The number of hydrogen-bond donors (Lipinski definition) is 2. The van der Waals surface area contributed by atoms with E-state index < -0.39 is 0 Å². The van der Waals surface area contributed by atoms with Crippen LogP contribution in [0.4, 0.5) is 0 Å². The van der Waals surface area contributed by atoms with Crippen LogP contribution in [0.5, 0.6) is 0 Å². The smallest absolute Gasteiger partial charge is 0.233 e. The highest BCUT2D eigenvalue weighted by atomic mass is 16.2. The van der Waals surface area contributed by atoms with Gasteiger partial charge in [0.15, 0.2) is 0 Å². The standard InChI is InChI=1S/C20H18N2O/c21-22-18(23)9-3-6-15-12-16-7-1-4-13-10-11-14-5-2-8-17(15)20(14)19(13)16/h1-2,4-5,7-8,10-12H,3,6,9,21H2,(H,22,23). The van der Waals surface area contributed by atoms with E-state index in [4.69, 9.17) is 5.84 Å². The molecule has 0 fully saturated rings. The van der Waals surface area contributed by atoms with Crippen molar-refractivity contribution in [2.75, 3.05) is 0 Å². The molecule has 0 saturated carbocycles. The monoisotopic (exact) mass is 302 g/mol. The minimum absolute atomic E-state index is 0.109. The first-order chi connectivity index (χ1) is 11.3. The van der Waals surface area contributed by atoms with E-state index >= 15 is 0 Å². The van der Waals surface area contributed by atoms with Crippen molar-refractivity contribution >= 4 is 38.2 Å². The van der Waals surface area contributed by atoms with Crippen molar-refractivity contribution in [3.8, 4) is 0 Å². The number of nitrogens with two attached hydrogens (primary N) is 1. The number of carbonyl (C=O) groups is 1. The van der Waals surface area contributed by atoms with Crippen LogP contribution < -0.4 is 11.3 Å². The second kappa shape index (κ2) is 5.52. The van der Waals surface area contributed by atoms with Crippen molar-refractivity contribution in [2.24, 2.45) is 5.84 Å². The SMILES string of the molecule is NNC(=O)CCCc1cc2cccc3ccc4cccc1c4c32. The highest BCUT2D eigenvalue weighted by Gasteiger charge is 2.11. The molecule has 3 heteroatoms. The number of benzene rings is 4. The molecule has 0 saturated heterocycles. The molecule has 4 aromatic carbocycles. The van der Waals surface area contributed by atoms with Crippen LogP contribution in [-0.2, 0) is 11.2 Å². The molecular weight excluding hydrogens is 284 g/mol. The van der Waals surface area contributed by atoms with Crippen LogP contribution in [0.25, 0.3) is 32.3 Å². The van der Waals surface area contributed by atoms with Gasteiger partial charge in [0.05, 0.1) is 0 Å². The molecule has 3 N–H and O–H groups in total. The summed E-state index contributed by atoms with van der Waals surface area (Å²) in [5, 5.41) is 7.78. The van der Waals surface area contributed by atoms with Crippen molar-refractivity contribution in [1.29, 1.82) is 0 Å². The molecule has 0 atom stereocenters. The zero-order valence-corrected chi connectivity index (χ0v) is 12.8. The van der Waals surface area contributed by atoms with E-state index in [9.17, 15) is 4.79 Å². The highest BCUT2D eigenvalue weighted by Crippen LogP contribution is 2.36. The van der Waals surface area contributed by atoms with Crippen molar-refractivity contribution in [3.63, 3.8) is 0 Å². The summed E-state index contributed by atoms with van der Waals surface area (Å²) in [5.41, 5.74) is 3.49. The summed E-state index contributed by atoms with van der Waals surface area (Å²) >= 11 is 0. The Morgan fingerprint density at radius 2 is 1.61 bits per heavy atom. The maximum Gasteiger partial charge on any atom is 0.233 e. The second-order valence-corrected chi connectivity index (χ2v) is 6.01. The van der Waals surface area contributed by atoms with Crippen molar-refractivity contribution < 1.29 is 4.79 Å². The normalized spacial score (nSPS) is 11.5. The first-order valence-electron chi connectivity index (χ1n) is 7.93. The fourth-order valence-corrected chi connectivity index (χ4v) is 3.56. The molecule has 4 aromatic rings. The molecule has 4 rings (SSSR count). The molecule has 0 heterocycles. The predicted octanol–water partition coefficient (Wildman–Crippen LogP) is 3.90. The minimum atomic E-state index is -0.109. The summed E-state index contributed by atoms with van der Waals surface area (Å²) in [4.78, 5) is 11.3. The van der Waals surface area contributed by atoms with E-state index in [0.29, 0.717) is 6.42 Å². The van der Waals surface area contributed by atoms with Gasteiger partial charge in [-0.2, -0.15) is 0 Å². The predicted molar refractivity (Wildman–Crippen MR) is 95.4 cm³/mol. The first kappa shape index (κ1) is 14.0. The summed E-state index contributed by atoms with van der Waals surface area (Å²) in [7, 11) is 0. The Kier molecular flexibility index (Phi) is 3.36. The van der Waals surface area contributed by atoms with Crippen LogP contribution in [0, 0.1) is 0 Å². The molecule has 23 heavy (non-hydrogen) atoms. The number of hydrazine groups is 1. The van der Waals surface area contributed by atoms with Gasteiger partial charge in [0, 0.05) is 6.42 Å². The van der Waals surface area contributed by atoms with E-state index in [1.165, 1.54) is 37.9 Å². The van der Waals surface area contributed by atoms with Crippen LogP contribution in [0.15, 0.2) is 54.6 Å². The Balaban J connectivity index is 1.88. The van der Waals surface area contributed by atoms with Gasteiger partial charge in [0.2, 0.25) is 5.91 Å². The zero-order chi connectivity index (χ0) is 15.8. The third kappa shape index (κ3) is 2.30. The maximum atomic E-state index is 11.3. The number of rotatable bonds is 4. The molecular formula is C20H18N2O. The third-order valence-electron chi connectivity index (χ3n) is 4.60. The van der Waals surface area contributed by atoms with Crippen molar-refractivity contribution in [3.05, 3.63) is 60.2 Å². The fourth-order valence-electron chi connectivity index (χ4n) is 3.56. The van der Waals surface area contributed by atoms with Gasteiger partial charge in [-0.3, -0.25) is 10.2 Å². The second-order valence-electron chi connectivity index (χ2n) is 6.01. The third-order valence-corrected chi connectivity index (χ3v) is 4.60. The summed E-state index contributed by atoms with van der Waals surface area (Å²) in [6.45, 7) is 0. The fraction of sp³-hybridized carbons (Fsp3) is 0.150. The maximum absolute atomic E-state index is 11.3. The number of aryl methyl sites for hydroxylation is 1. The summed E-state index contributed by atoms with van der Waals surface area (Å²) < 4.78 is 0. The van der Waals surface area contributed by atoms with Crippen molar-refractivity contribution in [2.45, 2.75) is 19.3 Å². The Hall–Kier alpha value is -2.65. The quantitative estimate of drug-likeness (QED) is 0.260. The number of amides is 1. The molecule has 0 unspecified atom stereocenters. The molecule has 0 aliphatic rings. The lowest BCUT2D eigenvalue weighted by Crippen LogP contribution is -2.29. The number of hydrogen-bond acceptors (Lipinski definition) is 2. The highest BCUT2D eigenvalue weighted by molar-refractivity contribution is 6.23. The van der Waals surface area contributed by atoms with Gasteiger partial charge in [-0.1, -0.05) is 54.6 Å². The van der Waals surface area contributed by atoms with Crippen LogP contribution >= 0.6 is 0 Å². The molecule has 3 nitrogen and oxygen atoms in total. The van der Waals surface area contributed by atoms with E-state index in [1.54, 1.807) is 0 Å². The van der Waals surface area contributed by atoms with Gasteiger partial charge < -0.3 is 0 Å². The number of nitrogens with one attached hydrogen (secondary N) is 1. The lowest BCUT2D eigenvalue weighted by atomic mass is 9.90. The van der Waals surface area contributed by atoms with Gasteiger partial charge in [-0.05, 0) is 50.7 Å². The average Bonchev–Trinajstić information content (AvgIpc) is 2.60. The molecule has 0 aliphatic heterocycles. The number of carbonyl (C=O) groups excluding carboxylic acids is 1. The van der Waals surface area contributed by atoms with Gasteiger partial charge in [-0.25, -0.2) is 5.84 Å². The Labute approximate surface area is 134 Å². The Bertz CT molecular complexity index is 1010. The van der Waals surface area contributed by atoms with E-state index in [2.05, 4.69) is 60.0 Å². The lowest BCUT2D eigenvalue weighted by molar-refractivity contribution is -0.121. The van der Waals surface area contributed by atoms with Gasteiger partial charge in [0.1, 0.15) is 0 Å². The van der Waals surface area contributed by atoms with Crippen LogP contribution in [0.1, 0.15) is 18.4 Å². The topological polar surface area (TPSA) is 55.1 Å². The minimum Gasteiger partial charge on any atom is -0.294 e. The van der Waals surface area contributed by atoms with Gasteiger partial charge in [0.25, 0.3) is 0 Å². The molecule has 0 aliphatic carbocycles. The molecule has 1 amide bonds. The lowest BCUT2D eigenvalue weighted by Gasteiger charge is -2.14. The van der Waals surface area contributed by atoms with Gasteiger partial charge >= 0.3 is 0 Å². The average molecular weight is 302 g/mol. The van der Waals surface area contributed by atoms with Crippen LogP contribution in [-0.4, -0.2) is 5.91 Å². The summed E-state index contributed by atoms with van der Waals surface area (Å²) in [6, 6.07) is 19.6. The molecule has 114 valence electrons. The van der Waals surface area contributed by atoms with Crippen LogP contribution in [0.3, 0.4) is 0 Å². The van der Waals surface area contributed by atoms with E-state index in [-0.39, 0.29) is 5.91 Å². The largest absolute Gasteiger partial charge is 0.294 e. The zero-order valence-electron chi connectivity index (χ0n) is 12.8. The molecule has 0 aromatic heterocycles. The molecule has 0 bridgehead atoms.